The summed E-state index contributed by atoms with van der Waals surface area (Å²) in [5.41, 5.74) is 0. The fourth-order valence-corrected chi connectivity index (χ4v) is 2.47. The number of hydrogen-bond donors (Lipinski definition) is 0. The molecular formula is C11H18N2O2. The van der Waals surface area contributed by atoms with Crippen LogP contribution in [0.4, 0.5) is 0 Å². The fraction of sp³-hybridized carbons (Fsp3) is 0.818. The van der Waals surface area contributed by atoms with Gasteiger partial charge in [-0.05, 0) is 12.8 Å². The van der Waals surface area contributed by atoms with Crippen molar-refractivity contribution < 1.29 is 9.59 Å². The summed E-state index contributed by atoms with van der Waals surface area (Å²) in [5, 5.41) is 0. The number of Topliss-reactive ketones (excluding diaryl/α,β-unsaturated/α-hetero) is 1. The summed E-state index contributed by atoms with van der Waals surface area (Å²) in [4.78, 5) is 27.4. The van der Waals surface area contributed by atoms with E-state index in [1.807, 2.05) is 0 Å². The van der Waals surface area contributed by atoms with Crippen LogP contribution in [0.15, 0.2) is 0 Å². The summed E-state index contributed by atoms with van der Waals surface area (Å²) < 4.78 is 0. The largest absolute Gasteiger partial charge is 0.332 e. The number of piperidine rings is 1. The first-order valence-electron chi connectivity index (χ1n) is 5.78. The first-order valence-corrected chi connectivity index (χ1v) is 5.78. The summed E-state index contributed by atoms with van der Waals surface area (Å²) in [6.07, 6.45) is 2.39. The van der Waals surface area contributed by atoms with Gasteiger partial charge in [0.25, 0.3) is 5.91 Å². The molecule has 0 radical (unpaired) electrons. The third-order valence-corrected chi connectivity index (χ3v) is 3.48. The van der Waals surface area contributed by atoms with Gasteiger partial charge in [0, 0.05) is 38.6 Å². The Bertz CT molecular complexity index is 270. The van der Waals surface area contributed by atoms with Gasteiger partial charge in [0.05, 0.1) is 0 Å². The highest BCUT2D eigenvalue weighted by Gasteiger charge is 2.33. The van der Waals surface area contributed by atoms with Crippen LogP contribution in [-0.4, -0.2) is 53.7 Å². The van der Waals surface area contributed by atoms with Gasteiger partial charge in [0.15, 0.2) is 0 Å². The quantitative estimate of drug-likeness (QED) is 0.614. The zero-order chi connectivity index (χ0) is 10.8. The molecule has 0 N–H and O–H groups in total. The summed E-state index contributed by atoms with van der Waals surface area (Å²) in [7, 11) is 0. The molecule has 4 nitrogen and oxygen atoms in total. The van der Waals surface area contributed by atoms with E-state index in [9.17, 15) is 9.59 Å². The van der Waals surface area contributed by atoms with Crippen molar-refractivity contribution in [2.24, 2.45) is 0 Å². The van der Waals surface area contributed by atoms with Crippen molar-refractivity contribution >= 4 is 11.7 Å². The zero-order valence-corrected chi connectivity index (χ0v) is 9.24. The summed E-state index contributed by atoms with van der Waals surface area (Å²) in [5.74, 6) is -0.499. The molecule has 2 bridgehead atoms. The van der Waals surface area contributed by atoms with Crippen molar-refractivity contribution in [1.29, 1.82) is 0 Å². The minimum absolute atomic E-state index is 0.240. The van der Waals surface area contributed by atoms with Gasteiger partial charge in [0.2, 0.25) is 5.78 Å². The molecule has 3 rings (SSSR count). The van der Waals surface area contributed by atoms with Gasteiger partial charge >= 0.3 is 0 Å². The van der Waals surface area contributed by atoms with Crippen molar-refractivity contribution in [2.45, 2.75) is 32.2 Å². The molecule has 0 unspecified atom stereocenters. The Balaban J connectivity index is 2.08. The lowest BCUT2D eigenvalue weighted by molar-refractivity contribution is -0.145. The molecule has 0 saturated carbocycles. The number of amides is 1. The Morgan fingerprint density at radius 3 is 2.40 bits per heavy atom. The highest BCUT2D eigenvalue weighted by atomic mass is 16.2. The molecular weight excluding hydrogens is 192 g/mol. The molecule has 0 atom stereocenters. The van der Waals surface area contributed by atoms with Crippen LogP contribution in [0.1, 0.15) is 26.2 Å². The molecule has 1 amide bonds. The van der Waals surface area contributed by atoms with Gasteiger partial charge in [-0.15, -0.1) is 0 Å². The number of rotatable bonds is 2. The minimum atomic E-state index is -0.258. The standard InChI is InChI=1S/C11H18N2O2/c1-2-10(14)11(15)13-8-7-12-5-3-9(13)4-6-12/h9H,2-8H2,1H3. The lowest BCUT2D eigenvalue weighted by Crippen LogP contribution is -2.44. The lowest BCUT2D eigenvalue weighted by atomic mass is 10.0. The molecule has 84 valence electrons. The van der Waals surface area contributed by atoms with Crippen molar-refractivity contribution in [3.63, 3.8) is 0 Å². The van der Waals surface area contributed by atoms with Gasteiger partial charge in [-0.3, -0.25) is 9.59 Å². The number of carbonyl (C=O) groups excluding carboxylic acids is 2. The van der Waals surface area contributed by atoms with Crippen LogP contribution in [-0.2, 0) is 9.59 Å². The Morgan fingerprint density at radius 2 is 1.80 bits per heavy atom. The van der Waals surface area contributed by atoms with Crippen LogP contribution < -0.4 is 0 Å². The van der Waals surface area contributed by atoms with Crippen LogP contribution in [0.2, 0.25) is 0 Å². The number of carbonyl (C=O) groups is 2. The maximum absolute atomic E-state index is 11.8. The molecule has 3 heterocycles. The maximum atomic E-state index is 11.8. The maximum Gasteiger partial charge on any atom is 0.290 e. The second-order valence-electron chi connectivity index (χ2n) is 4.35. The van der Waals surface area contributed by atoms with Crippen LogP contribution in [0, 0.1) is 0 Å². The predicted octanol–water partition coefficient (Wildman–Crippen LogP) is 0.272. The normalized spacial score (nSPS) is 30.1. The molecule has 3 saturated heterocycles. The van der Waals surface area contributed by atoms with E-state index >= 15 is 0 Å². The van der Waals surface area contributed by atoms with Crippen LogP contribution in [0.5, 0.6) is 0 Å². The first-order chi connectivity index (χ1) is 7.22. The third-order valence-electron chi connectivity index (χ3n) is 3.48. The Kier molecular flexibility index (Phi) is 3.05. The Labute approximate surface area is 90.2 Å². The number of nitrogens with zero attached hydrogens (tertiary/aromatic N) is 2. The second-order valence-corrected chi connectivity index (χ2v) is 4.35. The third kappa shape index (κ3) is 2.04. The second kappa shape index (κ2) is 4.31. The van der Waals surface area contributed by atoms with E-state index in [0.717, 1.165) is 39.0 Å². The van der Waals surface area contributed by atoms with E-state index in [1.54, 1.807) is 11.8 Å². The lowest BCUT2D eigenvalue weighted by Gasteiger charge is -2.30. The van der Waals surface area contributed by atoms with E-state index in [4.69, 9.17) is 0 Å². The average molecular weight is 210 g/mol. The number of fused-ring (bicyclic) bond motifs is 4. The van der Waals surface area contributed by atoms with E-state index in [1.165, 1.54) is 0 Å². The van der Waals surface area contributed by atoms with Gasteiger partial charge in [-0.1, -0.05) is 6.92 Å². The van der Waals surface area contributed by atoms with Crippen molar-refractivity contribution in [1.82, 2.24) is 9.80 Å². The fourth-order valence-electron chi connectivity index (χ4n) is 2.47. The van der Waals surface area contributed by atoms with Crippen molar-refractivity contribution in [3.8, 4) is 0 Å². The molecule has 3 fully saturated rings. The van der Waals surface area contributed by atoms with Crippen LogP contribution in [0.3, 0.4) is 0 Å². The van der Waals surface area contributed by atoms with Gasteiger partial charge in [-0.2, -0.15) is 0 Å². The van der Waals surface area contributed by atoms with Crippen LogP contribution >= 0.6 is 0 Å². The SMILES string of the molecule is CCC(=O)C(=O)N1CCN2CCC1CC2. The van der Waals surface area contributed by atoms with Crippen molar-refractivity contribution in [2.75, 3.05) is 26.2 Å². The Morgan fingerprint density at radius 1 is 1.13 bits per heavy atom. The van der Waals surface area contributed by atoms with Crippen molar-refractivity contribution in [3.05, 3.63) is 0 Å². The molecule has 0 spiro atoms. The Hall–Kier alpha value is -0.900. The summed E-state index contributed by atoms with van der Waals surface area (Å²) in [6, 6.07) is 0.312. The smallest absolute Gasteiger partial charge is 0.290 e. The molecule has 0 aromatic rings. The molecule has 3 aliphatic heterocycles. The highest BCUT2D eigenvalue weighted by Crippen LogP contribution is 2.20. The van der Waals surface area contributed by atoms with Gasteiger partial charge in [0.1, 0.15) is 0 Å². The van der Waals surface area contributed by atoms with E-state index in [-0.39, 0.29) is 11.7 Å². The molecule has 0 aliphatic carbocycles. The number of ketones is 1. The van der Waals surface area contributed by atoms with E-state index in [2.05, 4.69) is 4.90 Å². The average Bonchev–Trinajstić information content (AvgIpc) is 2.60. The molecule has 0 aromatic heterocycles. The molecule has 0 aromatic carbocycles. The van der Waals surface area contributed by atoms with Crippen LogP contribution in [0.25, 0.3) is 0 Å². The monoisotopic (exact) mass is 210 g/mol. The predicted molar refractivity (Wildman–Crippen MR) is 56.5 cm³/mol. The molecule has 3 aliphatic rings. The van der Waals surface area contributed by atoms with E-state index < -0.39 is 0 Å². The topological polar surface area (TPSA) is 40.6 Å². The minimum Gasteiger partial charge on any atom is -0.332 e. The summed E-state index contributed by atoms with van der Waals surface area (Å²) >= 11 is 0. The molecule has 4 heteroatoms. The zero-order valence-electron chi connectivity index (χ0n) is 9.24. The summed E-state index contributed by atoms with van der Waals surface area (Å²) in [6.45, 7) is 5.57. The number of hydrogen-bond acceptors (Lipinski definition) is 3. The van der Waals surface area contributed by atoms with Gasteiger partial charge in [-0.25, -0.2) is 0 Å². The molecule has 15 heavy (non-hydrogen) atoms. The van der Waals surface area contributed by atoms with Gasteiger partial charge < -0.3 is 9.80 Å². The highest BCUT2D eigenvalue weighted by molar-refractivity contribution is 6.36. The van der Waals surface area contributed by atoms with E-state index in [0.29, 0.717) is 12.5 Å². The first kappa shape index (κ1) is 10.6.